The van der Waals surface area contributed by atoms with Crippen LogP contribution in [0.5, 0.6) is 0 Å². The maximum Gasteiger partial charge on any atom is 0.145 e. The Morgan fingerprint density at radius 2 is 2.60 bits per heavy atom. The molecular formula is C7H12O3. The summed E-state index contributed by atoms with van der Waals surface area (Å²) in [5, 5.41) is 0. The fourth-order valence-electron chi connectivity index (χ4n) is 1.02. The van der Waals surface area contributed by atoms with Gasteiger partial charge in [-0.2, -0.15) is 0 Å². The largest absolute Gasteiger partial charge is 0.376 e. The molecule has 0 bridgehead atoms. The summed E-state index contributed by atoms with van der Waals surface area (Å²) < 4.78 is 10.2. The molecule has 0 aromatic heterocycles. The van der Waals surface area contributed by atoms with Crippen LogP contribution in [0.1, 0.15) is 12.8 Å². The maximum absolute atomic E-state index is 9.81. The Balaban J connectivity index is 1.96. The lowest BCUT2D eigenvalue weighted by Gasteiger charge is -2.06. The number of hydrogen-bond donors (Lipinski definition) is 0. The van der Waals surface area contributed by atoms with E-state index in [1.165, 1.54) is 0 Å². The van der Waals surface area contributed by atoms with Gasteiger partial charge in [0.2, 0.25) is 0 Å². The second kappa shape index (κ2) is 4.41. The summed E-state index contributed by atoms with van der Waals surface area (Å²) in [5.41, 5.74) is 0. The van der Waals surface area contributed by atoms with E-state index < -0.39 is 0 Å². The number of ether oxygens (including phenoxy) is 2. The highest BCUT2D eigenvalue weighted by Crippen LogP contribution is 2.11. The molecule has 0 radical (unpaired) electrons. The summed E-state index contributed by atoms with van der Waals surface area (Å²) in [7, 11) is 0. The van der Waals surface area contributed by atoms with Crippen molar-refractivity contribution in [2.24, 2.45) is 0 Å². The van der Waals surface area contributed by atoms with E-state index in [9.17, 15) is 4.79 Å². The zero-order chi connectivity index (χ0) is 7.23. The highest BCUT2D eigenvalue weighted by Gasteiger charge is 2.14. The fraction of sp³-hybridized carbons (Fsp3) is 0.857. The van der Waals surface area contributed by atoms with E-state index in [0.717, 1.165) is 25.7 Å². The van der Waals surface area contributed by atoms with Crippen molar-refractivity contribution in [3.05, 3.63) is 0 Å². The molecule has 1 atom stereocenters. The molecule has 3 nitrogen and oxygen atoms in total. The molecule has 0 aromatic rings. The van der Waals surface area contributed by atoms with Gasteiger partial charge in [-0.25, -0.2) is 0 Å². The molecule has 10 heavy (non-hydrogen) atoms. The third kappa shape index (κ3) is 2.45. The van der Waals surface area contributed by atoms with Gasteiger partial charge in [0.1, 0.15) is 12.9 Å². The van der Waals surface area contributed by atoms with Crippen molar-refractivity contribution in [3.8, 4) is 0 Å². The van der Waals surface area contributed by atoms with Crippen LogP contribution in [0.2, 0.25) is 0 Å². The molecule has 1 heterocycles. The molecule has 1 saturated heterocycles. The summed E-state index contributed by atoms with van der Waals surface area (Å²) in [6.07, 6.45) is 3.18. The van der Waals surface area contributed by atoms with Crippen LogP contribution in [0.25, 0.3) is 0 Å². The molecule has 1 aliphatic heterocycles. The topological polar surface area (TPSA) is 35.5 Å². The summed E-state index contributed by atoms with van der Waals surface area (Å²) in [6, 6.07) is 0. The van der Waals surface area contributed by atoms with Crippen molar-refractivity contribution >= 4 is 6.29 Å². The van der Waals surface area contributed by atoms with Gasteiger partial charge in [0.25, 0.3) is 0 Å². The SMILES string of the molecule is O=CCOCC1CCCO1. The minimum atomic E-state index is 0.194. The second-order valence-electron chi connectivity index (χ2n) is 2.34. The zero-order valence-corrected chi connectivity index (χ0v) is 5.91. The minimum absolute atomic E-state index is 0.194. The number of rotatable bonds is 4. The molecule has 0 N–H and O–H groups in total. The molecule has 3 heteroatoms. The fourth-order valence-corrected chi connectivity index (χ4v) is 1.02. The normalized spacial score (nSPS) is 25.0. The van der Waals surface area contributed by atoms with Gasteiger partial charge in [-0.05, 0) is 12.8 Å². The van der Waals surface area contributed by atoms with E-state index in [1.54, 1.807) is 0 Å². The molecule has 0 amide bonds. The van der Waals surface area contributed by atoms with Gasteiger partial charge in [-0.3, -0.25) is 0 Å². The van der Waals surface area contributed by atoms with Gasteiger partial charge in [-0.1, -0.05) is 0 Å². The standard InChI is InChI=1S/C7H12O3/c8-3-5-9-6-7-2-1-4-10-7/h3,7H,1-2,4-6H2. The summed E-state index contributed by atoms with van der Waals surface area (Å²) in [5.74, 6) is 0. The van der Waals surface area contributed by atoms with E-state index in [2.05, 4.69) is 0 Å². The van der Waals surface area contributed by atoms with Crippen molar-refractivity contribution in [2.45, 2.75) is 18.9 Å². The molecule has 58 valence electrons. The van der Waals surface area contributed by atoms with Crippen LogP contribution in [0.4, 0.5) is 0 Å². The van der Waals surface area contributed by atoms with Crippen LogP contribution in [0, 0.1) is 0 Å². The van der Waals surface area contributed by atoms with Gasteiger partial charge in [-0.15, -0.1) is 0 Å². The first-order valence-corrected chi connectivity index (χ1v) is 3.56. The number of carbonyl (C=O) groups excluding carboxylic acids is 1. The van der Waals surface area contributed by atoms with Crippen LogP contribution in [0.3, 0.4) is 0 Å². The molecular weight excluding hydrogens is 132 g/mol. The van der Waals surface area contributed by atoms with Crippen LogP contribution in [-0.2, 0) is 14.3 Å². The summed E-state index contributed by atoms with van der Waals surface area (Å²) in [6.45, 7) is 1.60. The van der Waals surface area contributed by atoms with Crippen molar-refractivity contribution in [2.75, 3.05) is 19.8 Å². The van der Waals surface area contributed by atoms with Gasteiger partial charge in [0, 0.05) is 6.61 Å². The average Bonchev–Trinajstić information content (AvgIpc) is 2.41. The Bertz CT molecular complexity index is 97.0. The molecule has 1 rings (SSSR count). The zero-order valence-electron chi connectivity index (χ0n) is 5.91. The van der Waals surface area contributed by atoms with E-state index in [1.807, 2.05) is 0 Å². The number of carbonyl (C=O) groups is 1. The molecule has 0 saturated carbocycles. The highest BCUT2D eigenvalue weighted by atomic mass is 16.5. The summed E-state index contributed by atoms with van der Waals surface area (Å²) in [4.78, 5) is 9.81. The first-order chi connectivity index (χ1) is 4.93. The molecule has 0 spiro atoms. The maximum atomic E-state index is 9.81. The Kier molecular flexibility index (Phi) is 3.40. The smallest absolute Gasteiger partial charge is 0.145 e. The minimum Gasteiger partial charge on any atom is -0.376 e. The van der Waals surface area contributed by atoms with Crippen LogP contribution < -0.4 is 0 Å². The molecule has 1 fully saturated rings. The van der Waals surface area contributed by atoms with Crippen molar-refractivity contribution in [1.82, 2.24) is 0 Å². The third-order valence-electron chi connectivity index (χ3n) is 1.51. The van der Waals surface area contributed by atoms with Crippen LogP contribution in [0.15, 0.2) is 0 Å². The highest BCUT2D eigenvalue weighted by molar-refractivity contribution is 5.50. The third-order valence-corrected chi connectivity index (χ3v) is 1.51. The van der Waals surface area contributed by atoms with E-state index in [-0.39, 0.29) is 12.7 Å². The van der Waals surface area contributed by atoms with Crippen molar-refractivity contribution in [3.63, 3.8) is 0 Å². The molecule has 0 aliphatic carbocycles. The van der Waals surface area contributed by atoms with Gasteiger partial charge < -0.3 is 14.3 Å². The quantitative estimate of drug-likeness (QED) is 0.422. The van der Waals surface area contributed by atoms with E-state index >= 15 is 0 Å². The summed E-state index contributed by atoms with van der Waals surface area (Å²) >= 11 is 0. The van der Waals surface area contributed by atoms with E-state index in [0.29, 0.717) is 6.61 Å². The predicted molar refractivity (Wildman–Crippen MR) is 35.9 cm³/mol. The lowest BCUT2D eigenvalue weighted by Crippen LogP contribution is -2.14. The molecule has 0 aromatic carbocycles. The van der Waals surface area contributed by atoms with Gasteiger partial charge >= 0.3 is 0 Å². The molecule has 1 unspecified atom stereocenters. The van der Waals surface area contributed by atoms with Gasteiger partial charge in [0.15, 0.2) is 0 Å². The Labute approximate surface area is 60.3 Å². The Morgan fingerprint density at radius 1 is 1.70 bits per heavy atom. The van der Waals surface area contributed by atoms with Crippen LogP contribution in [-0.4, -0.2) is 32.2 Å². The first kappa shape index (κ1) is 7.69. The Hall–Kier alpha value is -0.410. The van der Waals surface area contributed by atoms with E-state index in [4.69, 9.17) is 9.47 Å². The lowest BCUT2D eigenvalue weighted by atomic mass is 10.2. The second-order valence-corrected chi connectivity index (χ2v) is 2.34. The first-order valence-electron chi connectivity index (χ1n) is 3.56. The predicted octanol–water partition coefficient (Wildman–Crippen LogP) is 0.381. The lowest BCUT2D eigenvalue weighted by molar-refractivity contribution is -0.112. The average molecular weight is 144 g/mol. The number of aldehydes is 1. The van der Waals surface area contributed by atoms with Crippen LogP contribution >= 0.6 is 0 Å². The monoisotopic (exact) mass is 144 g/mol. The van der Waals surface area contributed by atoms with Crippen molar-refractivity contribution < 1.29 is 14.3 Å². The Morgan fingerprint density at radius 3 is 3.20 bits per heavy atom. The van der Waals surface area contributed by atoms with Crippen molar-refractivity contribution in [1.29, 1.82) is 0 Å². The van der Waals surface area contributed by atoms with Gasteiger partial charge in [0.05, 0.1) is 12.7 Å². The number of hydrogen-bond acceptors (Lipinski definition) is 3. The molecule has 1 aliphatic rings.